The lowest BCUT2D eigenvalue weighted by Crippen LogP contribution is -2.38. The van der Waals surface area contributed by atoms with E-state index in [9.17, 15) is 4.79 Å². The first-order valence-corrected chi connectivity index (χ1v) is 9.22. The van der Waals surface area contributed by atoms with Gasteiger partial charge in [-0.15, -0.1) is 0 Å². The Hall–Kier alpha value is -2.83. The van der Waals surface area contributed by atoms with Gasteiger partial charge in [-0.05, 0) is 62.4 Å². The Morgan fingerprint density at radius 2 is 1.93 bits per heavy atom. The van der Waals surface area contributed by atoms with Crippen molar-refractivity contribution in [1.82, 2.24) is 9.78 Å². The molecule has 0 radical (unpaired) electrons. The molecule has 146 valence electrons. The summed E-state index contributed by atoms with van der Waals surface area (Å²) in [6.45, 7) is 4.16. The van der Waals surface area contributed by atoms with Crippen molar-refractivity contribution in [2.45, 2.75) is 19.4 Å². The average Bonchev–Trinajstić information content (AvgIpc) is 3.06. The summed E-state index contributed by atoms with van der Waals surface area (Å²) >= 11 is 5.89. The largest absolute Gasteiger partial charge is 0.491 e. The van der Waals surface area contributed by atoms with Gasteiger partial charge in [0.25, 0.3) is 5.91 Å². The van der Waals surface area contributed by atoms with Crippen molar-refractivity contribution in [3.63, 3.8) is 0 Å². The van der Waals surface area contributed by atoms with Gasteiger partial charge in [-0.2, -0.15) is 5.10 Å². The molecule has 3 N–H and O–H groups in total. The lowest BCUT2D eigenvalue weighted by atomic mass is 10.1. The molecule has 1 amide bonds. The molecule has 0 saturated carbocycles. The van der Waals surface area contributed by atoms with Crippen LogP contribution < -0.4 is 15.8 Å². The van der Waals surface area contributed by atoms with Crippen LogP contribution in [0.5, 0.6) is 5.75 Å². The highest BCUT2D eigenvalue weighted by Crippen LogP contribution is 2.33. The molecule has 0 bridgehead atoms. The van der Waals surface area contributed by atoms with Gasteiger partial charge < -0.3 is 15.8 Å². The fourth-order valence-electron chi connectivity index (χ4n) is 2.64. The number of benzene rings is 2. The van der Waals surface area contributed by atoms with E-state index < -0.39 is 5.54 Å². The topological polar surface area (TPSA) is 82.2 Å². The zero-order chi connectivity index (χ0) is 20.3. The second-order valence-electron chi connectivity index (χ2n) is 7.29. The Morgan fingerprint density at radius 3 is 2.54 bits per heavy atom. The number of nitrogens with two attached hydrogens (primary N) is 1. The van der Waals surface area contributed by atoms with Gasteiger partial charge in [0.05, 0.1) is 5.69 Å². The van der Waals surface area contributed by atoms with Crippen LogP contribution in [-0.2, 0) is 7.05 Å². The van der Waals surface area contributed by atoms with E-state index in [-0.39, 0.29) is 5.91 Å². The molecule has 0 atom stereocenters. The highest BCUT2D eigenvalue weighted by molar-refractivity contribution is 6.30. The van der Waals surface area contributed by atoms with Crippen LogP contribution in [0.4, 0.5) is 5.69 Å². The van der Waals surface area contributed by atoms with Gasteiger partial charge in [0.2, 0.25) is 0 Å². The normalized spacial score (nSPS) is 11.3. The molecule has 0 unspecified atom stereocenters. The summed E-state index contributed by atoms with van der Waals surface area (Å²) in [5.41, 5.74) is 8.44. The van der Waals surface area contributed by atoms with Gasteiger partial charge in [0.15, 0.2) is 0 Å². The second-order valence-corrected chi connectivity index (χ2v) is 7.73. The molecular weight excluding hydrogens is 376 g/mol. The van der Waals surface area contributed by atoms with Gasteiger partial charge in [0.1, 0.15) is 12.4 Å². The van der Waals surface area contributed by atoms with Crippen molar-refractivity contribution < 1.29 is 9.53 Å². The summed E-state index contributed by atoms with van der Waals surface area (Å²) in [7, 11) is 1.85. The van der Waals surface area contributed by atoms with Crippen LogP contribution in [0.15, 0.2) is 54.7 Å². The fraction of sp³-hybridized carbons (Fsp3) is 0.238. The molecule has 3 aromatic rings. The highest BCUT2D eigenvalue weighted by Gasteiger charge is 2.16. The minimum Gasteiger partial charge on any atom is -0.491 e. The Labute approximate surface area is 169 Å². The number of rotatable bonds is 6. The van der Waals surface area contributed by atoms with E-state index in [0.717, 1.165) is 11.3 Å². The molecule has 28 heavy (non-hydrogen) atoms. The quantitative estimate of drug-likeness (QED) is 0.654. The van der Waals surface area contributed by atoms with Gasteiger partial charge in [-0.3, -0.25) is 9.48 Å². The maximum atomic E-state index is 12.5. The molecule has 2 aromatic carbocycles. The van der Waals surface area contributed by atoms with Crippen molar-refractivity contribution >= 4 is 23.2 Å². The van der Waals surface area contributed by atoms with Gasteiger partial charge >= 0.3 is 0 Å². The molecule has 6 nitrogen and oxygen atoms in total. The van der Waals surface area contributed by atoms with Crippen LogP contribution in [0.1, 0.15) is 24.2 Å². The molecular formula is C21H23ClN4O2. The zero-order valence-electron chi connectivity index (χ0n) is 16.1. The van der Waals surface area contributed by atoms with Crippen LogP contribution >= 0.6 is 11.6 Å². The van der Waals surface area contributed by atoms with Crippen LogP contribution in [0.25, 0.3) is 11.3 Å². The number of nitrogens with one attached hydrogen (secondary N) is 1. The average molecular weight is 399 g/mol. The predicted octanol–water partition coefficient (Wildman–Crippen LogP) is 4.11. The first-order valence-electron chi connectivity index (χ1n) is 8.84. The molecule has 7 heteroatoms. The van der Waals surface area contributed by atoms with E-state index in [1.54, 1.807) is 41.2 Å². The third kappa shape index (κ3) is 4.91. The van der Waals surface area contributed by atoms with E-state index in [2.05, 4.69) is 10.4 Å². The number of anilines is 1. The summed E-state index contributed by atoms with van der Waals surface area (Å²) in [4.78, 5) is 12.5. The molecule has 0 fully saturated rings. The van der Waals surface area contributed by atoms with Crippen LogP contribution in [0, 0.1) is 0 Å². The molecule has 0 aliphatic rings. The predicted molar refractivity (Wildman–Crippen MR) is 112 cm³/mol. The summed E-state index contributed by atoms with van der Waals surface area (Å²) in [6.07, 6.45) is 1.71. The number of ether oxygens (including phenoxy) is 1. The maximum absolute atomic E-state index is 12.5. The number of nitrogens with zero attached hydrogens (tertiary/aromatic N) is 2. The van der Waals surface area contributed by atoms with E-state index >= 15 is 0 Å². The number of halogens is 1. The molecule has 1 aromatic heterocycles. The molecule has 0 aliphatic heterocycles. The fourth-order valence-corrected chi connectivity index (χ4v) is 2.77. The lowest BCUT2D eigenvalue weighted by molar-refractivity contribution is 0.102. The van der Waals surface area contributed by atoms with Crippen molar-refractivity contribution in [2.75, 3.05) is 11.9 Å². The number of carbonyl (C=O) groups is 1. The van der Waals surface area contributed by atoms with E-state index in [1.165, 1.54) is 0 Å². The standard InChI is InChI=1S/C21H23ClN4O2/c1-21(2,23)13-28-19-9-8-16(12-17(19)18-10-11-24-26(18)3)25-20(27)14-4-6-15(22)7-5-14/h4-12H,13,23H2,1-3H3,(H,25,27). The van der Waals surface area contributed by atoms with E-state index in [1.807, 2.05) is 39.1 Å². The highest BCUT2D eigenvalue weighted by atomic mass is 35.5. The van der Waals surface area contributed by atoms with E-state index in [0.29, 0.717) is 28.6 Å². The molecule has 0 saturated heterocycles. The number of aromatic nitrogens is 2. The van der Waals surface area contributed by atoms with Crippen molar-refractivity contribution in [1.29, 1.82) is 0 Å². The number of aryl methyl sites for hydroxylation is 1. The summed E-state index contributed by atoms with van der Waals surface area (Å²) in [5.74, 6) is 0.455. The van der Waals surface area contributed by atoms with Crippen molar-refractivity contribution in [3.05, 3.63) is 65.3 Å². The monoisotopic (exact) mass is 398 g/mol. The summed E-state index contributed by atoms with van der Waals surface area (Å²) in [6, 6.07) is 14.1. The second kappa shape index (κ2) is 8.04. The third-order valence-corrected chi connectivity index (χ3v) is 4.29. The Balaban J connectivity index is 1.90. The smallest absolute Gasteiger partial charge is 0.255 e. The summed E-state index contributed by atoms with van der Waals surface area (Å²) in [5, 5.41) is 7.72. The minimum absolute atomic E-state index is 0.218. The molecule has 1 heterocycles. The lowest BCUT2D eigenvalue weighted by Gasteiger charge is -2.21. The van der Waals surface area contributed by atoms with Crippen LogP contribution in [0.3, 0.4) is 0 Å². The first-order chi connectivity index (χ1) is 13.2. The minimum atomic E-state index is -0.467. The Bertz CT molecular complexity index is 975. The number of carbonyl (C=O) groups excluding carboxylic acids is 1. The van der Waals surface area contributed by atoms with Crippen molar-refractivity contribution in [2.24, 2.45) is 12.8 Å². The molecule has 0 spiro atoms. The Morgan fingerprint density at radius 1 is 1.21 bits per heavy atom. The van der Waals surface area contributed by atoms with Crippen molar-refractivity contribution in [3.8, 4) is 17.0 Å². The number of hydrogen-bond donors (Lipinski definition) is 2. The molecule has 3 rings (SSSR count). The molecule has 0 aliphatic carbocycles. The van der Waals surface area contributed by atoms with Crippen LogP contribution in [-0.4, -0.2) is 27.8 Å². The Kier molecular flexibility index (Phi) is 5.72. The first kappa shape index (κ1) is 19.9. The van der Waals surface area contributed by atoms with E-state index in [4.69, 9.17) is 22.1 Å². The number of amides is 1. The summed E-state index contributed by atoms with van der Waals surface area (Å²) < 4.78 is 7.70. The maximum Gasteiger partial charge on any atom is 0.255 e. The van der Waals surface area contributed by atoms with Gasteiger partial charge in [-0.1, -0.05) is 11.6 Å². The van der Waals surface area contributed by atoms with Gasteiger partial charge in [0, 0.05) is 40.6 Å². The van der Waals surface area contributed by atoms with Gasteiger partial charge in [-0.25, -0.2) is 0 Å². The SMILES string of the molecule is Cn1nccc1-c1cc(NC(=O)c2ccc(Cl)cc2)ccc1OCC(C)(C)N. The zero-order valence-corrected chi connectivity index (χ0v) is 16.8. The number of hydrogen-bond acceptors (Lipinski definition) is 4. The third-order valence-electron chi connectivity index (χ3n) is 4.04. The van der Waals surface area contributed by atoms with Crippen LogP contribution in [0.2, 0.25) is 5.02 Å².